The molecule has 0 radical (unpaired) electrons. The van der Waals surface area contributed by atoms with Crippen molar-refractivity contribution in [3.63, 3.8) is 0 Å². The third kappa shape index (κ3) is 4.15. The number of hydrogen-bond donors (Lipinski definition) is 2. The Morgan fingerprint density at radius 3 is 2.25 bits per heavy atom. The van der Waals surface area contributed by atoms with Crippen LogP contribution in [0, 0.1) is 0 Å². The van der Waals surface area contributed by atoms with E-state index in [0.29, 0.717) is 0 Å². The standard InChI is InChI=1S/C17H23N3/c1-2-3-14-4-7-16(8-5-14)17(20-18)9-6-15-10-12-19-13-11-15/h4-5,7-8,10-13,17,20H,2-3,6,9,18H2,1H3. The molecule has 0 bridgehead atoms. The van der Waals surface area contributed by atoms with Gasteiger partial charge in [0.2, 0.25) is 0 Å². The van der Waals surface area contributed by atoms with Crippen molar-refractivity contribution in [3.05, 3.63) is 65.5 Å². The number of pyridine rings is 1. The predicted octanol–water partition coefficient (Wildman–Crippen LogP) is 3.17. The zero-order chi connectivity index (χ0) is 14.2. The first-order valence-corrected chi connectivity index (χ1v) is 7.27. The van der Waals surface area contributed by atoms with Crippen LogP contribution in [0.25, 0.3) is 0 Å². The molecule has 0 aliphatic rings. The fourth-order valence-corrected chi connectivity index (χ4v) is 2.41. The molecule has 0 saturated heterocycles. The molecule has 3 nitrogen and oxygen atoms in total. The zero-order valence-corrected chi connectivity index (χ0v) is 12.0. The molecule has 0 aliphatic carbocycles. The molecular weight excluding hydrogens is 246 g/mol. The summed E-state index contributed by atoms with van der Waals surface area (Å²) < 4.78 is 0. The van der Waals surface area contributed by atoms with Gasteiger partial charge in [-0.1, -0.05) is 37.6 Å². The summed E-state index contributed by atoms with van der Waals surface area (Å²) in [7, 11) is 0. The average molecular weight is 269 g/mol. The predicted molar refractivity (Wildman–Crippen MR) is 83.1 cm³/mol. The first-order valence-electron chi connectivity index (χ1n) is 7.27. The summed E-state index contributed by atoms with van der Waals surface area (Å²) in [6, 6.07) is 13.1. The number of nitrogens with zero attached hydrogens (tertiary/aromatic N) is 1. The third-order valence-electron chi connectivity index (χ3n) is 3.59. The highest BCUT2D eigenvalue weighted by Gasteiger charge is 2.09. The van der Waals surface area contributed by atoms with Gasteiger partial charge in [0.1, 0.15) is 0 Å². The Hall–Kier alpha value is -1.71. The summed E-state index contributed by atoms with van der Waals surface area (Å²) in [4.78, 5) is 4.04. The lowest BCUT2D eigenvalue weighted by Gasteiger charge is -2.16. The molecule has 1 heterocycles. The van der Waals surface area contributed by atoms with Gasteiger partial charge in [-0.25, -0.2) is 0 Å². The lowest BCUT2D eigenvalue weighted by Crippen LogP contribution is -2.28. The Kier molecular flexibility index (Phi) is 5.71. The first-order chi connectivity index (χ1) is 9.83. The Morgan fingerprint density at radius 2 is 1.65 bits per heavy atom. The monoisotopic (exact) mass is 269 g/mol. The Morgan fingerprint density at radius 1 is 1.00 bits per heavy atom. The summed E-state index contributed by atoms with van der Waals surface area (Å²) >= 11 is 0. The van der Waals surface area contributed by atoms with Gasteiger partial charge in [0.15, 0.2) is 0 Å². The second-order valence-electron chi connectivity index (χ2n) is 5.10. The molecule has 1 atom stereocenters. The SMILES string of the molecule is CCCc1ccc(C(CCc2ccncc2)NN)cc1. The van der Waals surface area contributed by atoms with Gasteiger partial charge in [-0.2, -0.15) is 0 Å². The van der Waals surface area contributed by atoms with Crippen LogP contribution in [0.4, 0.5) is 0 Å². The van der Waals surface area contributed by atoms with E-state index in [2.05, 4.69) is 53.7 Å². The fourth-order valence-electron chi connectivity index (χ4n) is 2.41. The smallest absolute Gasteiger partial charge is 0.0463 e. The highest BCUT2D eigenvalue weighted by molar-refractivity contribution is 5.25. The zero-order valence-electron chi connectivity index (χ0n) is 12.0. The van der Waals surface area contributed by atoms with Gasteiger partial charge in [-0.3, -0.25) is 16.3 Å². The van der Waals surface area contributed by atoms with Crippen LogP contribution in [0.5, 0.6) is 0 Å². The highest BCUT2D eigenvalue weighted by Crippen LogP contribution is 2.19. The van der Waals surface area contributed by atoms with Gasteiger partial charge < -0.3 is 0 Å². The highest BCUT2D eigenvalue weighted by atomic mass is 15.2. The number of aryl methyl sites for hydroxylation is 2. The Labute approximate surface area is 121 Å². The molecule has 3 N–H and O–H groups in total. The van der Waals surface area contributed by atoms with Gasteiger partial charge in [-0.15, -0.1) is 0 Å². The van der Waals surface area contributed by atoms with Crippen molar-refractivity contribution in [3.8, 4) is 0 Å². The van der Waals surface area contributed by atoms with E-state index in [1.165, 1.54) is 23.1 Å². The molecule has 0 saturated carbocycles. The summed E-state index contributed by atoms with van der Waals surface area (Å²) in [6.07, 6.45) is 7.96. The van der Waals surface area contributed by atoms with Gasteiger partial charge in [-0.05, 0) is 48.1 Å². The van der Waals surface area contributed by atoms with Crippen LogP contribution < -0.4 is 11.3 Å². The molecule has 20 heavy (non-hydrogen) atoms. The molecule has 106 valence electrons. The quantitative estimate of drug-likeness (QED) is 0.599. The van der Waals surface area contributed by atoms with Gasteiger partial charge in [0.25, 0.3) is 0 Å². The molecule has 1 aromatic carbocycles. The summed E-state index contributed by atoms with van der Waals surface area (Å²) in [5.74, 6) is 5.70. The van der Waals surface area contributed by atoms with E-state index in [9.17, 15) is 0 Å². The van der Waals surface area contributed by atoms with Crippen LogP contribution in [0.15, 0.2) is 48.8 Å². The maximum absolute atomic E-state index is 5.70. The van der Waals surface area contributed by atoms with Crippen molar-refractivity contribution in [1.82, 2.24) is 10.4 Å². The third-order valence-corrected chi connectivity index (χ3v) is 3.59. The van der Waals surface area contributed by atoms with Crippen molar-refractivity contribution >= 4 is 0 Å². The number of rotatable bonds is 7. The van der Waals surface area contributed by atoms with Crippen molar-refractivity contribution in [2.75, 3.05) is 0 Å². The number of aromatic nitrogens is 1. The molecule has 2 rings (SSSR count). The minimum absolute atomic E-state index is 0.193. The van der Waals surface area contributed by atoms with Crippen LogP contribution >= 0.6 is 0 Å². The second kappa shape index (κ2) is 7.78. The largest absolute Gasteiger partial charge is 0.271 e. The molecule has 2 aromatic rings. The van der Waals surface area contributed by atoms with Crippen molar-refractivity contribution in [1.29, 1.82) is 0 Å². The average Bonchev–Trinajstić information content (AvgIpc) is 2.51. The van der Waals surface area contributed by atoms with E-state index in [-0.39, 0.29) is 6.04 Å². The van der Waals surface area contributed by atoms with Crippen LogP contribution in [0.1, 0.15) is 42.5 Å². The summed E-state index contributed by atoms with van der Waals surface area (Å²) in [5, 5.41) is 0. The van der Waals surface area contributed by atoms with E-state index in [0.717, 1.165) is 19.3 Å². The van der Waals surface area contributed by atoms with Crippen molar-refractivity contribution in [2.24, 2.45) is 5.84 Å². The molecule has 0 spiro atoms. The van der Waals surface area contributed by atoms with Crippen LogP contribution in [-0.4, -0.2) is 4.98 Å². The Balaban J connectivity index is 1.97. The fraction of sp³-hybridized carbons (Fsp3) is 0.353. The maximum atomic E-state index is 5.70. The van der Waals surface area contributed by atoms with Crippen LogP contribution in [0.3, 0.4) is 0 Å². The molecule has 1 unspecified atom stereocenters. The number of hydrogen-bond acceptors (Lipinski definition) is 3. The van der Waals surface area contributed by atoms with E-state index >= 15 is 0 Å². The summed E-state index contributed by atoms with van der Waals surface area (Å²) in [6.45, 7) is 2.20. The molecule has 0 aliphatic heterocycles. The maximum Gasteiger partial charge on any atom is 0.0463 e. The molecule has 3 heteroatoms. The van der Waals surface area contributed by atoms with E-state index in [1.807, 2.05) is 12.4 Å². The van der Waals surface area contributed by atoms with E-state index in [4.69, 9.17) is 5.84 Å². The minimum Gasteiger partial charge on any atom is -0.271 e. The first kappa shape index (κ1) is 14.7. The molecular formula is C17H23N3. The topological polar surface area (TPSA) is 50.9 Å². The normalized spacial score (nSPS) is 12.3. The van der Waals surface area contributed by atoms with Crippen LogP contribution in [-0.2, 0) is 12.8 Å². The van der Waals surface area contributed by atoms with Gasteiger partial charge in [0.05, 0.1) is 0 Å². The Bertz CT molecular complexity index is 493. The second-order valence-corrected chi connectivity index (χ2v) is 5.10. The molecule has 0 fully saturated rings. The van der Waals surface area contributed by atoms with E-state index < -0.39 is 0 Å². The lowest BCUT2D eigenvalue weighted by atomic mass is 9.98. The minimum atomic E-state index is 0.193. The van der Waals surface area contributed by atoms with Gasteiger partial charge >= 0.3 is 0 Å². The lowest BCUT2D eigenvalue weighted by molar-refractivity contribution is 0.516. The molecule has 0 amide bonds. The number of nitrogens with two attached hydrogens (primary N) is 1. The summed E-state index contributed by atoms with van der Waals surface area (Å²) in [5.41, 5.74) is 6.86. The number of nitrogens with one attached hydrogen (secondary N) is 1. The number of benzene rings is 1. The van der Waals surface area contributed by atoms with Crippen molar-refractivity contribution in [2.45, 2.75) is 38.6 Å². The number of hydrazine groups is 1. The van der Waals surface area contributed by atoms with Gasteiger partial charge in [0, 0.05) is 18.4 Å². The van der Waals surface area contributed by atoms with Crippen LogP contribution in [0.2, 0.25) is 0 Å². The van der Waals surface area contributed by atoms with E-state index in [1.54, 1.807) is 0 Å². The van der Waals surface area contributed by atoms with Crippen molar-refractivity contribution < 1.29 is 0 Å². The molecule has 1 aromatic heterocycles.